The lowest BCUT2D eigenvalue weighted by Gasteiger charge is -2.27. The van der Waals surface area contributed by atoms with Crippen LogP contribution in [-0.2, 0) is 14.3 Å². The van der Waals surface area contributed by atoms with E-state index in [4.69, 9.17) is 15.6 Å². The maximum atomic E-state index is 12.1. The lowest BCUT2D eigenvalue weighted by molar-refractivity contribution is -0.142. The van der Waals surface area contributed by atoms with Gasteiger partial charge in [-0.1, -0.05) is 41.5 Å². The summed E-state index contributed by atoms with van der Waals surface area (Å²) in [4.78, 5) is 24.1. The van der Waals surface area contributed by atoms with Crippen LogP contribution in [0, 0.1) is 21.6 Å². The van der Waals surface area contributed by atoms with E-state index in [9.17, 15) is 9.59 Å². The zero-order valence-electron chi connectivity index (χ0n) is 12.9. The molecule has 0 aromatic carbocycles. The molecule has 0 fully saturated rings. The summed E-state index contributed by atoms with van der Waals surface area (Å²) in [6, 6.07) is 0. The van der Waals surface area contributed by atoms with Crippen molar-refractivity contribution >= 4 is 36.4 Å². The van der Waals surface area contributed by atoms with Crippen molar-refractivity contribution in [2.24, 2.45) is 10.8 Å². The number of carbonyl (C=O) groups is 2. The van der Waals surface area contributed by atoms with E-state index in [1.165, 1.54) is 0 Å². The van der Waals surface area contributed by atoms with E-state index in [-0.39, 0.29) is 24.0 Å². The summed E-state index contributed by atoms with van der Waals surface area (Å²) in [7, 11) is 0. The molecule has 0 aliphatic rings. The fourth-order valence-electron chi connectivity index (χ4n) is 1.37. The van der Waals surface area contributed by atoms with Crippen LogP contribution in [0.4, 0.5) is 0 Å². The Morgan fingerprint density at radius 1 is 0.850 bits per heavy atom. The number of carbonyl (C=O) groups excluding carboxylic acids is 2. The summed E-state index contributed by atoms with van der Waals surface area (Å²) in [5.41, 5.74) is -1.33. The first-order valence-corrected chi connectivity index (χ1v) is 6.20. The van der Waals surface area contributed by atoms with Crippen LogP contribution in [0.3, 0.4) is 0 Å². The Labute approximate surface area is 126 Å². The van der Waals surface area contributed by atoms with Gasteiger partial charge in [0, 0.05) is 23.3 Å². The average molecular weight is 305 g/mol. The van der Waals surface area contributed by atoms with Gasteiger partial charge in [0.25, 0.3) is 0 Å². The van der Waals surface area contributed by atoms with Gasteiger partial charge >= 0.3 is 0 Å². The number of halogens is 1. The predicted octanol–water partition coefficient (Wildman–Crippen LogP) is 2.69. The number of Topliss-reactive ketones (excluding diaryl/α,β-unsaturated/α-hetero) is 2. The van der Waals surface area contributed by atoms with Crippen LogP contribution in [0.15, 0.2) is 0 Å². The smallest absolute Gasteiger partial charge is 0.172 e. The second-order valence-corrected chi connectivity index (χ2v) is 6.54. The molecule has 0 aliphatic heterocycles. The molecule has 0 bridgehead atoms. The molecule has 0 aromatic heterocycles. The van der Waals surface area contributed by atoms with Crippen LogP contribution in [0.25, 0.3) is 0 Å². The van der Waals surface area contributed by atoms with E-state index in [1.54, 1.807) is 41.5 Å². The van der Waals surface area contributed by atoms with Crippen molar-refractivity contribution in [3.8, 4) is 0 Å². The Balaban J connectivity index is 0. The molecule has 0 heterocycles. The maximum absolute atomic E-state index is 12.1. The summed E-state index contributed by atoms with van der Waals surface area (Å²) in [6.45, 7) is 10.3. The van der Waals surface area contributed by atoms with E-state index in [0.717, 1.165) is 12.4 Å². The molecule has 0 amide bonds. The van der Waals surface area contributed by atoms with E-state index in [2.05, 4.69) is 0 Å². The van der Waals surface area contributed by atoms with Crippen LogP contribution < -0.4 is 0 Å². The monoisotopic (exact) mass is 304 g/mol. The molecule has 6 heteroatoms. The molecule has 0 rings (SSSR count). The van der Waals surface area contributed by atoms with Crippen molar-refractivity contribution in [3.63, 3.8) is 0 Å². The van der Waals surface area contributed by atoms with Gasteiger partial charge < -0.3 is 15.6 Å². The van der Waals surface area contributed by atoms with Gasteiger partial charge in [-0.05, 0) is 0 Å². The largest absolute Gasteiger partial charge is 0.348 e. The van der Waals surface area contributed by atoms with Crippen molar-refractivity contribution in [2.45, 2.75) is 53.8 Å². The summed E-state index contributed by atoms with van der Waals surface area (Å²) < 4.78 is 5.34. The van der Waals surface area contributed by atoms with Gasteiger partial charge in [0.15, 0.2) is 23.8 Å². The summed E-state index contributed by atoms with van der Waals surface area (Å²) >= 11 is 0. The molecule has 2 atom stereocenters. The molecule has 0 aliphatic carbocycles. The summed E-state index contributed by atoms with van der Waals surface area (Å²) in [6.07, 6.45) is -0.448. The fourth-order valence-corrected chi connectivity index (χ4v) is 1.37. The van der Waals surface area contributed by atoms with Crippen molar-refractivity contribution in [2.75, 3.05) is 0 Å². The Morgan fingerprint density at radius 2 is 1.10 bits per heavy atom. The van der Waals surface area contributed by atoms with E-state index in [0.29, 0.717) is 0 Å². The van der Waals surface area contributed by atoms with Gasteiger partial charge in [-0.25, -0.2) is 0 Å². The van der Waals surface area contributed by atoms with Crippen LogP contribution in [0.1, 0.15) is 41.5 Å². The molecule has 2 unspecified atom stereocenters. The third-order valence-electron chi connectivity index (χ3n) is 2.59. The second-order valence-electron chi connectivity index (χ2n) is 6.54. The average Bonchev–Trinajstić information content (AvgIpc) is 2.26. The van der Waals surface area contributed by atoms with Crippen LogP contribution in [0.2, 0.25) is 0 Å². The highest BCUT2D eigenvalue weighted by atomic mass is 35.5. The van der Waals surface area contributed by atoms with Gasteiger partial charge in [0.1, 0.15) is 0 Å². The van der Waals surface area contributed by atoms with Gasteiger partial charge in [-0.2, -0.15) is 0 Å². The predicted molar refractivity (Wildman–Crippen MR) is 82.4 cm³/mol. The maximum Gasteiger partial charge on any atom is 0.172 e. The van der Waals surface area contributed by atoms with Crippen LogP contribution >= 0.6 is 12.4 Å². The van der Waals surface area contributed by atoms with Crippen LogP contribution in [-0.4, -0.2) is 36.2 Å². The molecule has 0 saturated heterocycles. The molecule has 116 valence electrons. The van der Waals surface area contributed by atoms with E-state index < -0.39 is 23.0 Å². The first kappa shape index (κ1) is 21.2. The molecule has 0 radical (unpaired) electrons. The summed E-state index contributed by atoms with van der Waals surface area (Å²) in [5, 5.41) is 14.6. The first-order valence-electron chi connectivity index (χ1n) is 6.20. The molecule has 5 nitrogen and oxygen atoms in total. The van der Waals surface area contributed by atoms with Gasteiger partial charge in [-0.3, -0.25) is 9.59 Å². The standard InChI is InChI=1S/C14H24N2O3.ClH/c1-13(2,3)11(17)9(7-15)19-10(8-16)12(18)14(4,5)6;/h7-10,15-16H,1-6H3;1H. The lowest BCUT2D eigenvalue weighted by Crippen LogP contribution is -2.43. The van der Waals surface area contributed by atoms with Gasteiger partial charge in [0.05, 0.1) is 0 Å². The van der Waals surface area contributed by atoms with Crippen molar-refractivity contribution in [1.29, 1.82) is 10.8 Å². The molecular formula is C14H25ClN2O3. The quantitative estimate of drug-likeness (QED) is 0.739. The zero-order valence-corrected chi connectivity index (χ0v) is 13.8. The third kappa shape index (κ3) is 5.92. The van der Waals surface area contributed by atoms with Crippen molar-refractivity contribution < 1.29 is 14.3 Å². The number of hydrogen-bond acceptors (Lipinski definition) is 5. The SMILES string of the molecule is CC(C)(C)C(=O)C(C=N)OC(C=N)C(=O)C(C)(C)C.Cl. The van der Waals surface area contributed by atoms with Gasteiger partial charge in [0.2, 0.25) is 0 Å². The first-order chi connectivity index (χ1) is 8.45. The van der Waals surface area contributed by atoms with Crippen LogP contribution in [0.5, 0.6) is 0 Å². The third-order valence-corrected chi connectivity index (χ3v) is 2.59. The molecule has 0 spiro atoms. The highest BCUT2D eigenvalue weighted by Gasteiger charge is 2.35. The van der Waals surface area contributed by atoms with Crippen molar-refractivity contribution in [3.05, 3.63) is 0 Å². The number of hydrogen-bond donors (Lipinski definition) is 2. The Bertz CT molecular complexity index is 345. The minimum Gasteiger partial charge on any atom is -0.348 e. The lowest BCUT2D eigenvalue weighted by atomic mass is 9.86. The topological polar surface area (TPSA) is 91.1 Å². The van der Waals surface area contributed by atoms with E-state index in [1.807, 2.05) is 0 Å². The fraction of sp³-hybridized carbons (Fsp3) is 0.714. The molecular weight excluding hydrogens is 280 g/mol. The van der Waals surface area contributed by atoms with Gasteiger partial charge in [-0.15, -0.1) is 12.4 Å². The van der Waals surface area contributed by atoms with E-state index >= 15 is 0 Å². The number of ether oxygens (including phenoxy) is 1. The highest BCUT2D eigenvalue weighted by Crippen LogP contribution is 2.21. The summed E-state index contributed by atoms with van der Waals surface area (Å²) in [5.74, 6) is -0.563. The zero-order chi connectivity index (χ0) is 15.4. The Hall–Kier alpha value is -1.07. The second kappa shape index (κ2) is 7.64. The molecule has 20 heavy (non-hydrogen) atoms. The minimum absolute atomic E-state index is 0. The number of nitrogens with one attached hydrogen (secondary N) is 2. The highest BCUT2D eigenvalue weighted by molar-refractivity contribution is 6.03. The number of ketones is 2. The molecule has 2 N–H and O–H groups in total. The van der Waals surface area contributed by atoms with Crippen molar-refractivity contribution in [1.82, 2.24) is 0 Å². The Morgan fingerprint density at radius 3 is 1.25 bits per heavy atom. The molecule has 0 aromatic rings. The number of rotatable bonds is 6. The normalized spacial score (nSPS) is 14.7. The minimum atomic E-state index is -1.10. The molecule has 0 saturated carbocycles. The Kier molecular flexibility index (Phi) is 8.11.